The summed E-state index contributed by atoms with van der Waals surface area (Å²) in [6.45, 7) is 0. The first-order valence-electron chi connectivity index (χ1n) is 10.3. The molecule has 156 valence electrons. The quantitative estimate of drug-likeness (QED) is 0.623. The van der Waals surface area contributed by atoms with Gasteiger partial charge in [-0.2, -0.15) is 5.10 Å². The van der Waals surface area contributed by atoms with Crippen molar-refractivity contribution < 1.29 is 14.2 Å². The highest BCUT2D eigenvalue weighted by Gasteiger charge is 2.28. The number of methoxy groups -OCH3 is 3. The van der Waals surface area contributed by atoms with E-state index in [0.717, 1.165) is 10.4 Å². The minimum atomic E-state index is 0.423. The van der Waals surface area contributed by atoms with E-state index in [4.69, 9.17) is 24.3 Å². The summed E-state index contributed by atoms with van der Waals surface area (Å²) >= 11 is 1.70. The molecule has 2 aromatic rings. The number of rotatable bonds is 7. The number of hydrogen-bond donors (Lipinski definition) is 0. The zero-order chi connectivity index (χ0) is 20.2. The van der Waals surface area contributed by atoms with E-state index in [-0.39, 0.29) is 0 Å². The van der Waals surface area contributed by atoms with Crippen LogP contribution >= 0.6 is 11.3 Å². The van der Waals surface area contributed by atoms with Gasteiger partial charge in [-0.25, -0.2) is 4.68 Å². The summed E-state index contributed by atoms with van der Waals surface area (Å²) in [7, 11) is 4.90. The lowest BCUT2D eigenvalue weighted by Gasteiger charge is -2.16. The smallest absolute Gasteiger partial charge is 0.206 e. The molecular formula is C22H29N3O3S. The molecule has 0 spiro atoms. The molecule has 0 unspecified atom stereocenters. The van der Waals surface area contributed by atoms with Crippen LogP contribution in [0.15, 0.2) is 27.6 Å². The van der Waals surface area contributed by atoms with Crippen LogP contribution in [0.2, 0.25) is 0 Å². The maximum atomic E-state index is 5.54. The normalized spacial score (nSPS) is 18.4. The molecule has 0 aliphatic heterocycles. The molecule has 2 aliphatic rings. The Kier molecular flexibility index (Phi) is 6.23. The van der Waals surface area contributed by atoms with Crippen molar-refractivity contribution in [3.63, 3.8) is 0 Å². The second-order valence-electron chi connectivity index (χ2n) is 7.64. The lowest BCUT2D eigenvalue weighted by Crippen LogP contribution is -2.19. The van der Waals surface area contributed by atoms with Crippen LogP contribution in [0.4, 0.5) is 0 Å². The highest BCUT2D eigenvalue weighted by molar-refractivity contribution is 7.07. The van der Waals surface area contributed by atoms with Crippen LogP contribution in [0.5, 0.6) is 17.2 Å². The van der Waals surface area contributed by atoms with E-state index in [1.165, 1.54) is 50.6 Å². The second kappa shape index (κ2) is 9.03. The summed E-state index contributed by atoms with van der Waals surface area (Å²) in [4.78, 5) is 6.05. The van der Waals surface area contributed by atoms with Gasteiger partial charge >= 0.3 is 0 Å². The first-order valence-corrected chi connectivity index (χ1v) is 11.2. The average molecular weight is 416 g/mol. The lowest BCUT2D eigenvalue weighted by molar-refractivity contribution is 0.349. The van der Waals surface area contributed by atoms with Gasteiger partial charge in [0.1, 0.15) is 5.75 Å². The molecule has 1 aromatic carbocycles. The van der Waals surface area contributed by atoms with Crippen molar-refractivity contribution in [2.45, 2.75) is 56.9 Å². The third-order valence-corrected chi connectivity index (χ3v) is 6.47. The molecule has 0 bridgehead atoms. The van der Waals surface area contributed by atoms with Crippen LogP contribution in [0.1, 0.15) is 62.1 Å². The molecule has 2 aliphatic carbocycles. The van der Waals surface area contributed by atoms with Crippen molar-refractivity contribution in [1.82, 2.24) is 4.68 Å². The van der Waals surface area contributed by atoms with Gasteiger partial charge in [0.25, 0.3) is 0 Å². The van der Waals surface area contributed by atoms with Crippen molar-refractivity contribution in [3.05, 3.63) is 33.6 Å². The largest absolute Gasteiger partial charge is 0.496 e. The Labute approximate surface area is 175 Å². The topological polar surface area (TPSA) is 57.3 Å². The van der Waals surface area contributed by atoms with Crippen molar-refractivity contribution in [1.29, 1.82) is 0 Å². The number of nitrogens with zero attached hydrogens (tertiary/aromatic N) is 3. The maximum Gasteiger partial charge on any atom is 0.206 e. The number of benzene rings is 1. The minimum absolute atomic E-state index is 0.423. The molecule has 1 heterocycles. The van der Waals surface area contributed by atoms with Gasteiger partial charge in [-0.1, -0.05) is 19.3 Å². The molecular weight excluding hydrogens is 386 g/mol. The van der Waals surface area contributed by atoms with Gasteiger partial charge in [0.15, 0.2) is 11.5 Å². The molecule has 0 atom stereocenters. The average Bonchev–Trinajstić information content (AvgIpc) is 3.54. The Morgan fingerprint density at radius 2 is 1.62 bits per heavy atom. The van der Waals surface area contributed by atoms with Crippen molar-refractivity contribution in [3.8, 4) is 17.2 Å². The fourth-order valence-corrected chi connectivity index (χ4v) is 4.79. The molecule has 2 fully saturated rings. The molecule has 1 aromatic heterocycles. The Balaban J connectivity index is 1.71. The zero-order valence-corrected chi connectivity index (χ0v) is 18.2. The summed E-state index contributed by atoms with van der Waals surface area (Å²) in [6, 6.07) is 4.14. The SMILES string of the molecule is COc1cc(OC)c(OC)cc1/C=N/n1c(C2CC2)cs/c1=N\C1CCCCC1. The van der Waals surface area contributed by atoms with Crippen molar-refractivity contribution in [2.24, 2.45) is 10.1 Å². The predicted octanol–water partition coefficient (Wildman–Crippen LogP) is 4.57. The second-order valence-corrected chi connectivity index (χ2v) is 8.48. The van der Waals surface area contributed by atoms with Gasteiger partial charge in [-0.05, 0) is 31.7 Å². The van der Waals surface area contributed by atoms with Crippen LogP contribution in [0.25, 0.3) is 0 Å². The highest BCUT2D eigenvalue weighted by Crippen LogP contribution is 2.40. The molecule has 6 nitrogen and oxygen atoms in total. The van der Waals surface area contributed by atoms with E-state index in [1.807, 2.05) is 23.0 Å². The Morgan fingerprint density at radius 3 is 2.28 bits per heavy atom. The first-order chi connectivity index (χ1) is 14.2. The van der Waals surface area contributed by atoms with E-state index in [9.17, 15) is 0 Å². The monoisotopic (exact) mass is 415 g/mol. The van der Waals surface area contributed by atoms with Crippen LogP contribution < -0.4 is 19.0 Å². The summed E-state index contributed by atoms with van der Waals surface area (Å²) in [5, 5.41) is 7.06. The van der Waals surface area contributed by atoms with Gasteiger partial charge < -0.3 is 14.2 Å². The molecule has 7 heteroatoms. The number of hydrogen-bond acceptors (Lipinski definition) is 6. The summed E-state index contributed by atoms with van der Waals surface area (Å²) in [5.74, 6) is 2.59. The Morgan fingerprint density at radius 1 is 0.931 bits per heavy atom. The minimum Gasteiger partial charge on any atom is -0.496 e. The predicted molar refractivity (Wildman–Crippen MR) is 116 cm³/mol. The van der Waals surface area contributed by atoms with E-state index in [0.29, 0.717) is 29.2 Å². The van der Waals surface area contributed by atoms with Crippen molar-refractivity contribution >= 4 is 17.6 Å². The van der Waals surface area contributed by atoms with Crippen LogP contribution in [0, 0.1) is 0 Å². The Bertz CT molecular complexity index is 937. The first kappa shape index (κ1) is 20.0. The van der Waals surface area contributed by atoms with Gasteiger partial charge in [-0.3, -0.25) is 4.99 Å². The van der Waals surface area contributed by atoms with E-state index in [2.05, 4.69) is 5.38 Å². The van der Waals surface area contributed by atoms with Gasteiger partial charge in [0, 0.05) is 22.9 Å². The van der Waals surface area contributed by atoms with E-state index >= 15 is 0 Å². The Hall–Kier alpha value is -2.28. The van der Waals surface area contributed by atoms with E-state index in [1.54, 1.807) is 32.7 Å². The fourth-order valence-electron chi connectivity index (χ4n) is 3.81. The van der Waals surface area contributed by atoms with Crippen LogP contribution in [-0.2, 0) is 0 Å². The number of aromatic nitrogens is 1. The number of thiazole rings is 1. The lowest BCUT2D eigenvalue weighted by atomic mass is 9.96. The standard InChI is InChI=1S/C22H29N3O3S/c1-26-19-12-21(28-3)20(27-2)11-16(19)13-23-25-18(15-9-10-15)14-29-22(25)24-17-7-5-4-6-8-17/h11-15,17H,4-10H2,1-3H3/b23-13+,24-22-. The maximum absolute atomic E-state index is 5.54. The third kappa shape index (κ3) is 4.50. The number of ether oxygens (including phenoxy) is 3. The van der Waals surface area contributed by atoms with E-state index < -0.39 is 0 Å². The van der Waals surface area contributed by atoms with Crippen LogP contribution in [-0.4, -0.2) is 38.3 Å². The van der Waals surface area contributed by atoms with Gasteiger partial charge in [0.2, 0.25) is 4.80 Å². The summed E-state index contributed by atoms with van der Waals surface area (Å²) in [5.41, 5.74) is 2.11. The highest BCUT2D eigenvalue weighted by atomic mass is 32.1. The molecule has 2 saturated carbocycles. The zero-order valence-electron chi connectivity index (χ0n) is 17.4. The van der Waals surface area contributed by atoms with Gasteiger partial charge in [-0.15, -0.1) is 11.3 Å². The molecule has 0 saturated heterocycles. The third-order valence-electron chi connectivity index (χ3n) is 5.62. The summed E-state index contributed by atoms with van der Waals surface area (Å²) < 4.78 is 18.4. The van der Waals surface area contributed by atoms with Crippen LogP contribution in [0.3, 0.4) is 0 Å². The van der Waals surface area contributed by atoms with Gasteiger partial charge in [0.05, 0.1) is 39.3 Å². The molecule has 0 radical (unpaired) electrons. The molecule has 0 N–H and O–H groups in total. The van der Waals surface area contributed by atoms with Crippen molar-refractivity contribution in [2.75, 3.05) is 21.3 Å². The fraction of sp³-hybridized carbons (Fsp3) is 0.545. The molecule has 29 heavy (non-hydrogen) atoms. The summed E-state index contributed by atoms with van der Waals surface area (Å²) in [6.07, 6.45) is 10.6. The molecule has 0 amide bonds. The molecule has 4 rings (SSSR count).